The van der Waals surface area contributed by atoms with Crippen molar-refractivity contribution in [2.45, 2.75) is 89.8 Å². The zero-order chi connectivity index (χ0) is 21.4. The van der Waals surface area contributed by atoms with Gasteiger partial charge in [0, 0.05) is 31.8 Å². The average molecular weight is 415 g/mol. The fraction of sp³-hybridized carbons (Fsp3) is 0.783. The van der Waals surface area contributed by atoms with E-state index >= 15 is 0 Å². The Bertz CT molecular complexity index is 583. The molecule has 5 atom stereocenters. The number of halogens is 2. The molecule has 1 unspecified atom stereocenters. The molecule has 2 N–H and O–H groups in total. The van der Waals surface area contributed by atoms with Crippen LogP contribution >= 0.6 is 0 Å². The number of carboxylic acids is 1. The summed E-state index contributed by atoms with van der Waals surface area (Å²) in [5.41, 5.74) is 1.14. The van der Waals surface area contributed by atoms with E-state index in [2.05, 4.69) is 0 Å². The van der Waals surface area contributed by atoms with Gasteiger partial charge in [0.15, 0.2) is 0 Å². The number of carboxylic acid groups (broad SMARTS) is 1. The number of hydrogen-bond donors (Lipinski definition) is 2. The molecule has 1 saturated carbocycles. The second-order valence-corrected chi connectivity index (χ2v) is 8.94. The van der Waals surface area contributed by atoms with E-state index < -0.39 is 18.0 Å². The number of fused-ring (bicyclic) bond motifs is 1. The minimum Gasteiger partial charge on any atom is -0.481 e. The highest BCUT2D eigenvalue weighted by atomic mass is 19.3. The number of allylic oxidation sites excluding steroid dienone is 3. The molecule has 0 spiro atoms. The van der Waals surface area contributed by atoms with E-state index in [0.717, 1.165) is 30.9 Å². The largest absolute Gasteiger partial charge is 0.481 e. The van der Waals surface area contributed by atoms with Gasteiger partial charge in [-0.2, -0.15) is 0 Å². The van der Waals surface area contributed by atoms with Gasteiger partial charge in [-0.3, -0.25) is 4.79 Å². The normalized spacial score (nSPS) is 30.2. The van der Waals surface area contributed by atoms with E-state index in [4.69, 9.17) is 9.84 Å². The summed E-state index contributed by atoms with van der Waals surface area (Å²) in [5.74, 6) is -3.60. The van der Waals surface area contributed by atoms with E-state index in [1.165, 1.54) is 6.08 Å². The molecule has 2 aliphatic rings. The first-order valence-corrected chi connectivity index (χ1v) is 10.9. The second-order valence-electron chi connectivity index (χ2n) is 8.94. The van der Waals surface area contributed by atoms with Crippen LogP contribution in [0.4, 0.5) is 8.78 Å². The lowest BCUT2D eigenvalue weighted by Crippen LogP contribution is -2.22. The number of aliphatic hydroxyl groups is 1. The Morgan fingerprint density at radius 1 is 1.24 bits per heavy atom. The van der Waals surface area contributed by atoms with E-state index in [1.54, 1.807) is 0 Å². The highest BCUT2D eigenvalue weighted by Gasteiger charge is 2.43. The molecular formula is C23H36F2O4. The van der Waals surface area contributed by atoms with Crippen LogP contribution in [0.5, 0.6) is 0 Å². The molecule has 0 aromatic heterocycles. The number of aliphatic carboxylic acids is 1. The molecule has 6 heteroatoms. The molecule has 0 radical (unpaired) electrons. The maximum atomic E-state index is 14.2. The molecule has 1 aliphatic carbocycles. The first kappa shape index (κ1) is 24.0. The second kappa shape index (κ2) is 11.2. The number of alkyl halides is 2. The molecular weight excluding hydrogens is 378 g/mol. The Balaban J connectivity index is 1.88. The number of carbonyl (C=O) groups is 1. The topological polar surface area (TPSA) is 66.8 Å². The summed E-state index contributed by atoms with van der Waals surface area (Å²) in [4.78, 5) is 10.7. The number of rotatable bonds is 10. The van der Waals surface area contributed by atoms with Gasteiger partial charge < -0.3 is 14.9 Å². The van der Waals surface area contributed by atoms with Gasteiger partial charge in [0.2, 0.25) is 0 Å². The molecule has 2 rings (SSSR count). The van der Waals surface area contributed by atoms with Crippen molar-refractivity contribution in [3.63, 3.8) is 0 Å². The van der Waals surface area contributed by atoms with Gasteiger partial charge in [-0.05, 0) is 70.3 Å². The summed E-state index contributed by atoms with van der Waals surface area (Å²) in [6.45, 7) is 4.48. The summed E-state index contributed by atoms with van der Waals surface area (Å²) in [6.07, 6.45) is 8.41. The summed E-state index contributed by atoms with van der Waals surface area (Å²) >= 11 is 0. The van der Waals surface area contributed by atoms with Gasteiger partial charge in [-0.1, -0.05) is 17.7 Å². The zero-order valence-electron chi connectivity index (χ0n) is 17.7. The van der Waals surface area contributed by atoms with Crippen LogP contribution in [-0.2, 0) is 9.53 Å². The summed E-state index contributed by atoms with van der Waals surface area (Å²) in [6, 6.07) is 0. The van der Waals surface area contributed by atoms with Crippen LogP contribution in [0, 0.1) is 17.8 Å². The van der Waals surface area contributed by atoms with E-state index in [0.29, 0.717) is 38.2 Å². The van der Waals surface area contributed by atoms with Crippen molar-refractivity contribution in [2.75, 3.05) is 6.61 Å². The van der Waals surface area contributed by atoms with Crippen molar-refractivity contribution in [2.24, 2.45) is 17.8 Å². The fourth-order valence-electron chi connectivity index (χ4n) is 4.55. The number of hydrogen-bond acceptors (Lipinski definition) is 3. The van der Waals surface area contributed by atoms with E-state index in [-0.39, 0.29) is 30.8 Å². The molecule has 0 bridgehead atoms. The van der Waals surface area contributed by atoms with Gasteiger partial charge >= 0.3 is 5.97 Å². The van der Waals surface area contributed by atoms with Crippen LogP contribution in [0.1, 0.15) is 71.6 Å². The first-order valence-electron chi connectivity index (χ1n) is 10.9. The van der Waals surface area contributed by atoms with Gasteiger partial charge in [-0.25, -0.2) is 8.78 Å². The van der Waals surface area contributed by atoms with E-state index in [9.17, 15) is 18.7 Å². The van der Waals surface area contributed by atoms with Crippen molar-refractivity contribution < 1.29 is 28.5 Å². The van der Waals surface area contributed by atoms with Crippen LogP contribution in [0.15, 0.2) is 23.8 Å². The lowest BCUT2D eigenvalue weighted by Gasteiger charge is -2.21. The molecule has 1 aliphatic heterocycles. The Morgan fingerprint density at radius 2 is 2.00 bits per heavy atom. The van der Waals surface area contributed by atoms with Crippen LogP contribution < -0.4 is 0 Å². The summed E-state index contributed by atoms with van der Waals surface area (Å²) in [7, 11) is 0. The van der Waals surface area contributed by atoms with Crippen molar-refractivity contribution in [3.8, 4) is 0 Å². The Hall–Kier alpha value is -1.27. The molecule has 4 nitrogen and oxygen atoms in total. The molecule has 1 heterocycles. The first-order chi connectivity index (χ1) is 13.7. The average Bonchev–Trinajstić information content (AvgIpc) is 2.79. The molecule has 0 aromatic rings. The van der Waals surface area contributed by atoms with Crippen molar-refractivity contribution in [1.29, 1.82) is 0 Å². The zero-order valence-corrected chi connectivity index (χ0v) is 17.7. The summed E-state index contributed by atoms with van der Waals surface area (Å²) < 4.78 is 34.5. The highest BCUT2D eigenvalue weighted by molar-refractivity contribution is 5.66. The third kappa shape index (κ3) is 8.17. The number of ether oxygens (including phenoxy) is 1. The standard InChI is InChI=1S/C23H36F2O4/c1-16(2)6-3-4-12-23(24,25)13-11-18-19-10-9-17(7-5-8-22(27)28)15-29-21(19)14-20(18)26/h6,11,13,17-21,26H,3-5,7-10,12,14-15H2,1-2H3,(H,27,28)/b13-11+/t17-,18?,19+,20+,21-/m0/s1. The van der Waals surface area contributed by atoms with Gasteiger partial charge in [-0.15, -0.1) is 0 Å². The van der Waals surface area contributed by atoms with E-state index in [1.807, 2.05) is 19.9 Å². The monoisotopic (exact) mass is 414 g/mol. The lowest BCUT2D eigenvalue weighted by molar-refractivity contribution is -0.137. The van der Waals surface area contributed by atoms with Gasteiger partial charge in [0.25, 0.3) is 5.92 Å². The van der Waals surface area contributed by atoms with Gasteiger partial charge in [0.1, 0.15) is 0 Å². The smallest absolute Gasteiger partial charge is 0.303 e. The van der Waals surface area contributed by atoms with Crippen LogP contribution in [0.25, 0.3) is 0 Å². The Morgan fingerprint density at radius 3 is 2.69 bits per heavy atom. The Labute approximate surface area is 173 Å². The molecule has 0 amide bonds. The lowest BCUT2D eigenvalue weighted by atomic mass is 9.86. The van der Waals surface area contributed by atoms with Crippen molar-refractivity contribution in [3.05, 3.63) is 23.8 Å². The van der Waals surface area contributed by atoms with Crippen molar-refractivity contribution >= 4 is 5.97 Å². The number of unbranched alkanes of at least 4 members (excludes halogenated alkanes) is 1. The fourth-order valence-corrected chi connectivity index (χ4v) is 4.55. The molecule has 0 aromatic carbocycles. The summed E-state index contributed by atoms with van der Waals surface area (Å²) in [5, 5.41) is 19.2. The minimum absolute atomic E-state index is 0.0483. The third-order valence-electron chi connectivity index (χ3n) is 6.18. The predicted octanol–water partition coefficient (Wildman–Crippen LogP) is 5.36. The molecule has 2 fully saturated rings. The maximum absolute atomic E-state index is 14.2. The van der Waals surface area contributed by atoms with Crippen LogP contribution in [0.3, 0.4) is 0 Å². The minimum atomic E-state index is -2.86. The Kier molecular flexibility index (Phi) is 9.28. The maximum Gasteiger partial charge on any atom is 0.303 e. The van der Waals surface area contributed by atoms with Gasteiger partial charge in [0.05, 0.1) is 12.2 Å². The molecule has 166 valence electrons. The highest BCUT2D eigenvalue weighted by Crippen LogP contribution is 2.42. The van der Waals surface area contributed by atoms with Crippen molar-refractivity contribution in [1.82, 2.24) is 0 Å². The quantitative estimate of drug-likeness (QED) is 0.373. The predicted molar refractivity (Wildman–Crippen MR) is 109 cm³/mol. The SMILES string of the molecule is CC(C)=CCCCC(F)(F)/C=C/C1[C@H](O)C[C@@H]2OC[C@@H](CCCC(=O)O)CC[C@H]12. The van der Waals surface area contributed by atoms with Crippen LogP contribution in [-0.4, -0.2) is 40.9 Å². The molecule has 1 saturated heterocycles. The molecule has 29 heavy (non-hydrogen) atoms. The third-order valence-corrected chi connectivity index (χ3v) is 6.18. The number of aliphatic hydroxyl groups excluding tert-OH is 1. The van der Waals surface area contributed by atoms with Crippen LogP contribution in [0.2, 0.25) is 0 Å².